The van der Waals surface area contributed by atoms with Crippen LogP contribution in [0.3, 0.4) is 0 Å². The minimum absolute atomic E-state index is 0.205. The molecule has 0 aliphatic carbocycles. The van der Waals surface area contributed by atoms with Gasteiger partial charge in [0.1, 0.15) is 10.8 Å². The molecule has 1 unspecified atom stereocenters. The van der Waals surface area contributed by atoms with Gasteiger partial charge in [-0.1, -0.05) is 48.0 Å². The molecule has 2 heterocycles. The summed E-state index contributed by atoms with van der Waals surface area (Å²) in [5.74, 6) is 0. The molecule has 0 radical (unpaired) electrons. The topological polar surface area (TPSA) is 60.4 Å². The van der Waals surface area contributed by atoms with Crippen LogP contribution in [0.1, 0.15) is 18.7 Å². The van der Waals surface area contributed by atoms with Crippen molar-refractivity contribution in [2.24, 2.45) is 5.73 Å². The molecule has 0 spiro atoms. The number of rotatable bonds is 2. The Kier molecular flexibility index (Phi) is 3.49. The van der Waals surface area contributed by atoms with Crippen molar-refractivity contribution < 1.29 is 0 Å². The van der Waals surface area contributed by atoms with Gasteiger partial charge in [0.05, 0.1) is 11.3 Å². The number of nitrogens with zero attached hydrogens (tertiary/aromatic N) is 2. The summed E-state index contributed by atoms with van der Waals surface area (Å²) < 4.78 is 1.40. The van der Waals surface area contributed by atoms with Gasteiger partial charge in [0.15, 0.2) is 0 Å². The zero-order valence-electron chi connectivity index (χ0n) is 11.5. The third-order valence-electron chi connectivity index (χ3n) is 3.32. The van der Waals surface area contributed by atoms with Crippen molar-refractivity contribution in [3.8, 4) is 11.1 Å². The third-order valence-corrected chi connectivity index (χ3v) is 3.62. The van der Waals surface area contributed by atoms with Crippen molar-refractivity contribution in [2.45, 2.75) is 13.0 Å². The Morgan fingerprint density at radius 1 is 1.14 bits per heavy atom. The normalized spacial score (nSPS) is 12.5. The zero-order valence-corrected chi connectivity index (χ0v) is 12.2. The highest BCUT2D eigenvalue weighted by molar-refractivity contribution is 6.29. The maximum atomic E-state index is 12.9. The van der Waals surface area contributed by atoms with Crippen LogP contribution in [-0.2, 0) is 0 Å². The molecule has 4 nitrogen and oxygen atoms in total. The van der Waals surface area contributed by atoms with E-state index in [-0.39, 0.29) is 11.6 Å². The van der Waals surface area contributed by atoms with E-state index in [1.807, 2.05) is 37.3 Å². The molecule has 0 bridgehead atoms. The van der Waals surface area contributed by atoms with Crippen molar-refractivity contribution in [1.29, 1.82) is 0 Å². The van der Waals surface area contributed by atoms with Crippen LogP contribution in [0.4, 0.5) is 0 Å². The Labute approximate surface area is 126 Å². The number of halogens is 1. The summed E-state index contributed by atoms with van der Waals surface area (Å²) in [5.41, 5.74) is 8.16. The lowest BCUT2D eigenvalue weighted by atomic mass is 10.0. The fourth-order valence-electron chi connectivity index (χ4n) is 2.37. The van der Waals surface area contributed by atoms with E-state index in [1.54, 1.807) is 18.2 Å². The second-order valence-corrected chi connectivity index (χ2v) is 5.26. The number of benzene rings is 1. The van der Waals surface area contributed by atoms with Crippen LogP contribution in [0.5, 0.6) is 0 Å². The molecule has 0 amide bonds. The molecule has 1 atom stereocenters. The minimum Gasteiger partial charge on any atom is -0.323 e. The predicted octanol–water partition coefficient (Wildman–Crippen LogP) is 3.03. The molecule has 21 heavy (non-hydrogen) atoms. The highest BCUT2D eigenvalue weighted by atomic mass is 35.5. The smallest absolute Gasteiger partial charge is 0.267 e. The lowest BCUT2D eigenvalue weighted by Crippen LogP contribution is -2.23. The van der Waals surface area contributed by atoms with E-state index in [0.29, 0.717) is 22.1 Å². The van der Waals surface area contributed by atoms with Crippen LogP contribution >= 0.6 is 11.6 Å². The zero-order chi connectivity index (χ0) is 15.0. The Balaban J connectivity index is 2.47. The van der Waals surface area contributed by atoms with Gasteiger partial charge in [-0.25, -0.2) is 9.38 Å². The van der Waals surface area contributed by atoms with Crippen LogP contribution in [0, 0.1) is 0 Å². The summed E-state index contributed by atoms with van der Waals surface area (Å²) in [5, 5.41) is 0.332. The van der Waals surface area contributed by atoms with E-state index in [0.717, 1.165) is 5.56 Å². The standard InChI is InChI=1S/C16H14ClN3O/c1-10(18)15-14(11-6-3-2-4-7-11)16(21)20-12(17)8-5-9-13(20)19-15/h2-10H,18H2,1H3. The number of pyridine rings is 1. The van der Waals surface area contributed by atoms with E-state index >= 15 is 0 Å². The van der Waals surface area contributed by atoms with Crippen molar-refractivity contribution in [3.05, 3.63) is 69.7 Å². The second-order valence-electron chi connectivity index (χ2n) is 4.87. The van der Waals surface area contributed by atoms with Crippen molar-refractivity contribution in [1.82, 2.24) is 9.38 Å². The van der Waals surface area contributed by atoms with Gasteiger partial charge >= 0.3 is 0 Å². The van der Waals surface area contributed by atoms with Crippen LogP contribution in [0.2, 0.25) is 5.15 Å². The van der Waals surface area contributed by atoms with Gasteiger partial charge in [-0.3, -0.25) is 4.79 Å². The van der Waals surface area contributed by atoms with Crippen LogP contribution in [0.25, 0.3) is 16.8 Å². The van der Waals surface area contributed by atoms with Crippen LogP contribution in [-0.4, -0.2) is 9.38 Å². The van der Waals surface area contributed by atoms with Gasteiger partial charge in [0.2, 0.25) is 0 Å². The number of aromatic nitrogens is 2. The monoisotopic (exact) mass is 299 g/mol. The first-order valence-corrected chi connectivity index (χ1v) is 6.99. The highest BCUT2D eigenvalue weighted by Crippen LogP contribution is 2.24. The van der Waals surface area contributed by atoms with Crippen molar-refractivity contribution in [3.63, 3.8) is 0 Å². The van der Waals surface area contributed by atoms with Gasteiger partial charge in [-0.15, -0.1) is 0 Å². The molecule has 1 aromatic carbocycles. The van der Waals surface area contributed by atoms with Gasteiger partial charge in [0, 0.05) is 6.04 Å². The third kappa shape index (κ3) is 2.33. The molecular weight excluding hydrogens is 286 g/mol. The minimum atomic E-state index is -0.350. The molecule has 0 saturated carbocycles. The molecule has 3 aromatic rings. The largest absolute Gasteiger partial charge is 0.323 e. The fourth-order valence-corrected chi connectivity index (χ4v) is 2.60. The lowest BCUT2D eigenvalue weighted by Gasteiger charge is -2.14. The number of fused-ring (bicyclic) bond motifs is 1. The number of hydrogen-bond donors (Lipinski definition) is 1. The molecule has 106 valence electrons. The van der Waals surface area contributed by atoms with E-state index in [9.17, 15) is 4.79 Å². The first-order chi connectivity index (χ1) is 10.1. The Morgan fingerprint density at radius 3 is 2.52 bits per heavy atom. The van der Waals surface area contributed by atoms with Gasteiger partial charge in [-0.2, -0.15) is 0 Å². The average molecular weight is 300 g/mol. The maximum absolute atomic E-state index is 12.9. The van der Waals surface area contributed by atoms with Crippen molar-refractivity contribution >= 4 is 17.2 Å². The molecule has 2 aromatic heterocycles. The van der Waals surface area contributed by atoms with E-state index in [1.165, 1.54) is 4.40 Å². The predicted molar refractivity (Wildman–Crippen MR) is 84.5 cm³/mol. The summed E-state index contributed by atoms with van der Waals surface area (Å²) in [6.45, 7) is 1.81. The lowest BCUT2D eigenvalue weighted by molar-refractivity contribution is 0.777. The van der Waals surface area contributed by atoms with Gasteiger partial charge in [-0.05, 0) is 24.6 Å². The maximum Gasteiger partial charge on any atom is 0.267 e. The molecule has 0 aliphatic rings. The molecular formula is C16H14ClN3O. The molecule has 2 N–H and O–H groups in total. The Hall–Kier alpha value is -2.17. The Morgan fingerprint density at radius 2 is 1.86 bits per heavy atom. The van der Waals surface area contributed by atoms with E-state index in [2.05, 4.69) is 4.98 Å². The average Bonchev–Trinajstić information content (AvgIpc) is 2.47. The summed E-state index contributed by atoms with van der Waals surface area (Å²) in [6, 6.07) is 14.2. The number of hydrogen-bond acceptors (Lipinski definition) is 3. The summed E-state index contributed by atoms with van der Waals surface area (Å²) >= 11 is 6.15. The quantitative estimate of drug-likeness (QED) is 0.740. The van der Waals surface area contributed by atoms with Gasteiger partial charge < -0.3 is 5.73 Å². The second kappa shape index (κ2) is 5.31. The van der Waals surface area contributed by atoms with Crippen molar-refractivity contribution in [2.75, 3.05) is 0 Å². The number of nitrogens with two attached hydrogens (primary N) is 1. The van der Waals surface area contributed by atoms with E-state index < -0.39 is 0 Å². The molecule has 0 aliphatic heterocycles. The highest BCUT2D eigenvalue weighted by Gasteiger charge is 2.18. The summed E-state index contributed by atoms with van der Waals surface area (Å²) in [7, 11) is 0. The first-order valence-electron chi connectivity index (χ1n) is 6.62. The SMILES string of the molecule is CC(N)c1nc2cccc(Cl)n2c(=O)c1-c1ccccc1. The van der Waals surface area contributed by atoms with Crippen LogP contribution in [0.15, 0.2) is 53.3 Å². The molecule has 0 saturated heterocycles. The molecule has 5 heteroatoms. The molecule has 0 fully saturated rings. The Bertz CT molecular complexity index is 857. The van der Waals surface area contributed by atoms with E-state index in [4.69, 9.17) is 17.3 Å². The summed E-state index contributed by atoms with van der Waals surface area (Å²) in [4.78, 5) is 17.4. The summed E-state index contributed by atoms with van der Waals surface area (Å²) in [6.07, 6.45) is 0. The van der Waals surface area contributed by atoms with Gasteiger partial charge in [0.25, 0.3) is 5.56 Å². The molecule has 3 rings (SSSR count). The fraction of sp³-hybridized carbons (Fsp3) is 0.125. The van der Waals surface area contributed by atoms with Crippen LogP contribution < -0.4 is 11.3 Å². The first kappa shape index (κ1) is 13.8.